The number of nitrogens with zero attached hydrogens (tertiary/aromatic N) is 1. The van der Waals surface area contributed by atoms with Crippen LogP contribution in [0.25, 0.3) is 11.1 Å². The van der Waals surface area contributed by atoms with E-state index < -0.39 is 0 Å². The van der Waals surface area contributed by atoms with Crippen molar-refractivity contribution in [1.82, 2.24) is 4.98 Å². The highest BCUT2D eigenvalue weighted by atomic mass is 79.9. The lowest BCUT2D eigenvalue weighted by Crippen LogP contribution is -2.01. The summed E-state index contributed by atoms with van der Waals surface area (Å²) in [7, 11) is 0. The molecule has 2 nitrogen and oxygen atoms in total. The van der Waals surface area contributed by atoms with Gasteiger partial charge in [-0.2, -0.15) is 0 Å². The third-order valence-corrected chi connectivity index (χ3v) is 3.18. The lowest BCUT2D eigenvalue weighted by molar-refractivity contribution is 1.21. The summed E-state index contributed by atoms with van der Waals surface area (Å²) in [6.07, 6.45) is 5.95. The first-order valence-corrected chi connectivity index (χ1v) is 6.66. The molecule has 0 aliphatic carbocycles. The Morgan fingerprint density at radius 3 is 2.67 bits per heavy atom. The van der Waals surface area contributed by atoms with Gasteiger partial charge in [0.1, 0.15) is 5.82 Å². The fourth-order valence-corrected chi connectivity index (χ4v) is 2.12. The summed E-state index contributed by atoms with van der Waals surface area (Å²) in [6.45, 7) is 2.79. The van der Waals surface area contributed by atoms with Crippen LogP contribution in [0.5, 0.6) is 0 Å². The van der Waals surface area contributed by atoms with E-state index in [9.17, 15) is 0 Å². The van der Waals surface area contributed by atoms with E-state index in [1.807, 2.05) is 37.4 Å². The van der Waals surface area contributed by atoms with Crippen molar-refractivity contribution in [3.63, 3.8) is 0 Å². The summed E-state index contributed by atoms with van der Waals surface area (Å²) in [5.41, 5.74) is 2.28. The number of halogens is 1. The lowest BCUT2D eigenvalue weighted by atomic mass is 10.1. The molecule has 0 spiro atoms. The maximum Gasteiger partial charge on any atom is 0.140 e. The number of pyridine rings is 1. The zero-order valence-corrected chi connectivity index (χ0v) is 11.8. The molecule has 1 N–H and O–H groups in total. The summed E-state index contributed by atoms with van der Waals surface area (Å²) < 4.78 is 0.980. The van der Waals surface area contributed by atoms with Gasteiger partial charge in [0.05, 0.1) is 4.47 Å². The van der Waals surface area contributed by atoms with E-state index in [1.54, 1.807) is 0 Å². The molecule has 0 aliphatic heterocycles. The molecular weight excluding hydrogens is 288 g/mol. The van der Waals surface area contributed by atoms with Crippen molar-refractivity contribution in [2.24, 2.45) is 0 Å². The first-order chi connectivity index (χ1) is 8.81. The molecule has 0 unspecified atom stereocenters. The number of aromatic nitrogens is 1. The molecular formula is C15H15BrN2. The molecule has 0 bridgehead atoms. The van der Waals surface area contributed by atoms with E-state index in [1.165, 1.54) is 5.56 Å². The van der Waals surface area contributed by atoms with Crippen molar-refractivity contribution in [3.05, 3.63) is 59.2 Å². The van der Waals surface area contributed by atoms with Gasteiger partial charge in [-0.3, -0.25) is 0 Å². The number of allylic oxidation sites excluding steroid dienone is 1. The monoisotopic (exact) mass is 302 g/mol. The number of rotatable bonds is 4. The maximum absolute atomic E-state index is 4.43. The molecule has 0 aliphatic rings. The Hall–Kier alpha value is -1.61. The standard InChI is InChI=1S/C15H15BrN2/c1-2-3-9-17-15-14(16)10-13(11-18-15)12-7-5-4-6-8-12/h2-8,10-11H,9H2,1H3,(H,17,18)/b3-2+. The lowest BCUT2D eigenvalue weighted by Gasteiger charge is -2.07. The average Bonchev–Trinajstić information content (AvgIpc) is 2.42. The number of nitrogens with one attached hydrogen (secondary N) is 1. The molecule has 2 aromatic rings. The van der Waals surface area contributed by atoms with Gasteiger partial charge in [0.25, 0.3) is 0 Å². The normalized spacial score (nSPS) is 10.8. The summed E-state index contributed by atoms with van der Waals surface area (Å²) in [6, 6.07) is 12.3. The van der Waals surface area contributed by atoms with Crippen LogP contribution in [0.1, 0.15) is 6.92 Å². The Labute approximate surface area is 116 Å². The Morgan fingerprint density at radius 2 is 2.00 bits per heavy atom. The minimum absolute atomic E-state index is 0.785. The minimum atomic E-state index is 0.785. The third kappa shape index (κ3) is 3.20. The number of hydrogen-bond acceptors (Lipinski definition) is 2. The van der Waals surface area contributed by atoms with Gasteiger partial charge < -0.3 is 5.32 Å². The summed E-state index contributed by atoms with van der Waals surface area (Å²) >= 11 is 3.55. The second-order valence-electron chi connectivity index (χ2n) is 3.87. The Kier molecular flexibility index (Phi) is 4.53. The van der Waals surface area contributed by atoms with Crippen LogP contribution < -0.4 is 5.32 Å². The summed E-state index contributed by atoms with van der Waals surface area (Å²) in [4.78, 5) is 4.43. The molecule has 1 heterocycles. The number of hydrogen-bond donors (Lipinski definition) is 1. The quantitative estimate of drug-likeness (QED) is 0.841. The van der Waals surface area contributed by atoms with Crippen LogP contribution in [0.3, 0.4) is 0 Å². The van der Waals surface area contributed by atoms with Crippen LogP contribution in [0, 0.1) is 0 Å². The molecule has 0 radical (unpaired) electrons. The van der Waals surface area contributed by atoms with Crippen LogP contribution in [0.15, 0.2) is 59.2 Å². The first-order valence-electron chi connectivity index (χ1n) is 5.87. The Balaban J connectivity index is 2.20. The SMILES string of the molecule is C/C=C/CNc1ncc(-c2ccccc2)cc1Br. The predicted octanol–water partition coefficient (Wildman–Crippen LogP) is 4.50. The molecule has 0 amide bonds. The molecule has 0 saturated heterocycles. The van der Waals surface area contributed by atoms with Crippen LogP contribution in [-0.4, -0.2) is 11.5 Å². The summed E-state index contributed by atoms with van der Waals surface area (Å²) in [5, 5.41) is 3.25. The predicted molar refractivity (Wildman–Crippen MR) is 80.7 cm³/mol. The largest absolute Gasteiger partial charge is 0.366 e. The van der Waals surface area contributed by atoms with Crippen LogP contribution >= 0.6 is 15.9 Å². The molecule has 3 heteroatoms. The highest BCUT2D eigenvalue weighted by Crippen LogP contribution is 2.26. The molecule has 2 rings (SSSR count). The van der Waals surface area contributed by atoms with Crippen molar-refractivity contribution in [3.8, 4) is 11.1 Å². The van der Waals surface area contributed by atoms with E-state index in [4.69, 9.17) is 0 Å². The van der Waals surface area contributed by atoms with Crippen LogP contribution in [0.4, 0.5) is 5.82 Å². The topological polar surface area (TPSA) is 24.9 Å². The highest BCUT2D eigenvalue weighted by Gasteiger charge is 2.03. The minimum Gasteiger partial charge on any atom is -0.366 e. The zero-order valence-electron chi connectivity index (χ0n) is 10.2. The van der Waals surface area contributed by atoms with Crippen LogP contribution in [-0.2, 0) is 0 Å². The zero-order chi connectivity index (χ0) is 12.8. The van der Waals surface area contributed by atoms with Gasteiger partial charge in [-0.05, 0) is 34.5 Å². The number of anilines is 1. The smallest absolute Gasteiger partial charge is 0.140 e. The van der Waals surface area contributed by atoms with Gasteiger partial charge in [0.2, 0.25) is 0 Å². The molecule has 92 valence electrons. The molecule has 18 heavy (non-hydrogen) atoms. The van der Waals surface area contributed by atoms with Crippen molar-refractivity contribution in [2.75, 3.05) is 11.9 Å². The second-order valence-corrected chi connectivity index (χ2v) is 4.72. The van der Waals surface area contributed by atoms with Crippen molar-refractivity contribution < 1.29 is 0 Å². The maximum atomic E-state index is 4.43. The van der Waals surface area contributed by atoms with Gasteiger partial charge >= 0.3 is 0 Å². The van der Waals surface area contributed by atoms with Gasteiger partial charge in [-0.1, -0.05) is 42.5 Å². The average molecular weight is 303 g/mol. The van der Waals surface area contributed by atoms with E-state index in [-0.39, 0.29) is 0 Å². The first kappa shape index (κ1) is 12.8. The second kappa shape index (κ2) is 6.36. The fraction of sp³-hybridized carbons (Fsp3) is 0.133. The Bertz CT molecular complexity index is 535. The molecule has 1 aromatic heterocycles. The Morgan fingerprint density at radius 1 is 1.22 bits per heavy atom. The molecule has 1 aromatic carbocycles. The van der Waals surface area contributed by atoms with Crippen molar-refractivity contribution in [1.29, 1.82) is 0 Å². The van der Waals surface area contributed by atoms with Gasteiger partial charge in [0, 0.05) is 18.3 Å². The van der Waals surface area contributed by atoms with E-state index in [0.717, 1.165) is 22.4 Å². The van der Waals surface area contributed by atoms with Gasteiger partial charge in [0.15, 0.2) is 0 Å². The number of benzene rings is 1. The van der Waals surface area contributed by atoms with Crippen molar-refractivity contribution >= 4 is 21.7 Å². The summed E-state index contributed by atoms with van der Waals surface area (Å²) in [5.74, 6) is 0.868. The fourth-order valence-electron chi connectivity index (χ4n) is 1.63. The highest BCUT2D eigenvalue weighted by molar-refractivity contribution is 9.10. The van der Waals surface area contributed by atoms with E-state index in [2.05, 4.69) is 50.5 Å². The van der Waals surface area contributed by atoms with Crippen LogP contribution in [0.2, 0.25) is 0 Å². The third-order valence-electron chi connectivity index (χ3n) is 2.57. The van der Waals surface area contributed by atoms with Gasteiger partial charge in [-0.15, -0.1) is 0 Å². The molecule has 0 fully saturated rings. The van der Waals surface area contributed by atoms with Gasteiger partial charge in [-0.25, -0.2) is 4.98 Å². The van der Waals surface area contributed by atoms with E-state index in [0.29, 0.717) is 0 Å². The van der Waals surface area contributed by atoms with E-state index >= 15 is 0 Å². The molecule has 0 saturated carbocycles. The molecule has 0 atom stereocenters. The van der Waals surface area contributed by atoms with Crippen molar-refractivity contribution in [2.45, 2.75) is 6.92 Å².